The molecule has 0 fully saturated rings. The maximum Gasteiger partial charge on any atom is 0.347 e. The van der Waals surface area contributed by atoms with E-state index in [2.05, 4.69) is 15.9 Å². The van der Waals surface area contributed by atoms with Crippen molar-refractivity contribution in [3.63, 3.8) is 0 Å². The summed E-state index contributed by atoms with van der Waals surface area (Å²) in [5.74, 6) is -0.398. The predicted octanol–water partition coefficient (Wildman–Crippen LogP) is 3.78. The molecular weight excluding hydrogens is 342 g/mol. The molecule has 0 aliphatic rings. The molecule has 1 unspecified atom stereocenters. The van der Waals surface area contributed by atoms with Crippen molar-refractivity contribution in [3.05, 3.63) is 32.3 Å². The summed E-state index contributed by atoms with van der Waals surface area (Å²) in [6.07, 6.45) is 0.298. The maximum atomic E-state index is 11.9. The van der Waals surface area contributed by atoms with Gasteiger partial charge in [-0.1, -0.05) is 29.3 Å². The lowest BCUT2D eigenvalue weighted by atomic mass is 10.1. The van der Waals surface area contributed by atoms with Gasteiger partial charge in [0, 0.05) is 10.5 Å². The number of benzene rings is 1. The highest BCUT2D eigenvalue weighted by Gasteiger charge is 2.27. The van der Waals surface area contributed by atoms with E-state index in [0.29, 0.717) is 22.9 Å². The van der Waals surface area contributed by atoms with Gasteiger partial charge in [-0.2, -0.15) is 0 Å². The van der Waals surface area contributed by atoms with E-state index in [0.717, 1.165) is 0 Å². The Kier molecular flexibility index (Phi) is 6.61. The Morgan fingerprint density at radius 3 is 2.62 bits per heavy atom. The number of nitro benzene ring substituents is 1. The smallest absolute Gasteiger partial charge is 0.347 e. The molecule has 0 saturated carbocycles. The van der Waals surface area contributed by atoms with Gasteiger partial charge in [-0.25, -0.2) is 4.79 Å². The molecule has 0 N–H and O–H groups in total. The molecule has 1 aromatic rings. The molecule has 0 spiro atoms. The fourth-order valence-electron chi connectivity index (χ4n) is 1.87. The molecule has 0 aliphatic carbocycles. The van der Waals surface area contributed by atoms with Crippen molar-refractivity contribution < 1.29 is 19.2 Å². The minimum Gasteiger partial charge on any atom is -0.471 e. The van der Waals surface area contributed by atoms with Gasteiger partial charge in [0.15, 0.2) is 6.10 Å². The highest BCUT2D eigenvalue weighted by Crippen LogP contribution is 2.35. The monoisotopic (exact) mass is 359 g/mol. The Balaban J connectivity index is 3.13. The number of esters is 1. The number of carbonyl (C=O) groups is 1. The van der Waals surface area contributed by atoms with Gasteiger partial charge >= 0.3 is 11.7 Å². The lowest BCUT2D eigenvalue weighted by Gasteiger charge is -2.18. The number of hydrogen-bond acceptors (Lipinski definition) is 5. The number of hydrogen-bond donors (Lipinski definition) is 0. The van der Waals surface area contributed by atoms with Gasteiger partial charge in [0.2, 0.25) is 5.75 Å². The molecule has 116 valence electrons. The number of halogens is 1. The van der Waals surface area contributed by atoms with Crippen molar-refractivity contribution in [1.82, 2.24) is 0 Å². The zero-order valence-electron chi connectivity index (χ0n) is 12.2. The van der Waals surface area contributed by atoms with Crippen LogP contribution in [0.3, 0.4) is 0 Å². The van der Waals surface area contributed by atoms with Crippen LogP contribution in [0.1, 0.15) is 32.3 Å². The summed E-state index contributed by atoms with van der Waals surface area (Å²) in [5.41, 5.74) is 0.411. The van der Waals surface area contributed by atoms with Crippen LogP contribution in [0, 0.1) is 17.0 Å². The standard InChI is InChI=1S/C14H18BrNO5/c1-4-6-12(14(17)20-5-2)21-13-9(3)7-10(15)8-11(13)16(18)19/h7-8,12H,4-6H2,1-3H3. The van der Waals surface area contributed by atoms with Crippen LogP contribution in [0.4, 0.5) is 5.69 Å². The Hall–Kier alpha value is -1.63. The van der Waals surface area contributed by atoms with Crippen molar-refractivity contribution in [2.45, 2.75) is 39.7 Å². The number of rotatable bonds is 7. The maximum absolute atomic E-state index is 11.9. The Bertz CT molecular complexity index is 532. The zero-order chi connectivity index (χ0) is 16.0. The molecule has 21 heavy (non-hydrogen) atoms. The van der Waals surface area contributed by atoms with Gasteiger partial charge in [-0.3, -0.25) is 10.1 Å². The van der Waals surface area contributed by atoms with Crippen LogP contribution >= 0.6 is 15.9 Å². The van der Waals surface area contributed by atoms with E-state index in [-0.39, 0.29) is 18.0 Å². The third-order valence-corrected chi connectivity index (χ3v) is 3.23. The van der Waals surface area contributed by atoms with E-state index < -0.39 is 17.0 Å². The van der Waals surface area contributed by atoms with Crippen molar-refractivity contribution in [2.24, 2.45) is 0 Å². The van der Waals surface area contributed by atoms with Crippen LogP contribution in [0.5, 0.6) is 5.75 Å². The lowest BCUT2D eigenvalue weighted by molar-refractivity contribution is -0.386. The number of aryl methyl sites for hydroxylation is 1. The molecule has 0 radical (unpaired) electrons. The third-order valence-electron chi connectivity index (χ3n) is 2.78. The molecule has 1 atom stereocenters. The molecule has 0 aliphatic heterocycles. The quantitative estimate of drug-likeness (QED) is 0.420. The van der Waals surface area contributed by atoms with E-state index in [1.807, 2.05) is 6.92 Å². The van der Waals surface area contributed by atoms with E-state index >= 15 is 0 Å². The average molecular weight is 360 g/mol. The lowest BCUT2D eigenvalue weighted by Crippen LogP contribution is -2.29. The van der Waals surface area contributed by atoms with Crippen molar-refractivity contribution >= 4 is 27.6 Å². The minimum absolute atomic E-state index is 0.106. The summed E-state index contributed by atoms with van der Waals surface area (Å²) >= 11 is 3.21. The first kappa shape index (κ1) is 17.4. The van der Waals surface area contributed by atoms with Gasteiger partial charge in [0.1, 0.15) is 0 Å². The first-order valence-corrected chi connectivity index (χ1v) is 7.47. The number of ether oxygens (including phenoxy) is 2. The number of nitrogens with zero attached hydrogens (tertiary/aromatic N) is 1. The predicted molar refractivity (Wildman–Crippen MR) is 81.5 cm³/mol. The van der Waals surface area contributed by atoms with Crippen LogP contribution in [-0.2, 0) is 9.53 Å². The molecule has 0 aromatic heterocycles. The first-order valence-electron chi connectivity index (χ1n) is 6.68. The SMILES string of the molecule is CCCC(Oc1c(C)cc(Br)cc1[N+](=O)[O-])C(=O)OCC. The number of carbonyl (C=O) groups excluding carboxylic acids is 1. The second kappa shape index (κ2) is 7.97. The van der Waals surface area contributed by atoms with E-state index in [4.69, 9.17) is 9.47 Å². The normalized spacial score (nSPS) is 11.8. The van der Waals surface area contributed by atoms with Gasteiger partial charge in [-0.15, -0.1) is 0 Å². The topological polar surface area (TPSA) is 78.7 Å². The van der Waals surface area contributed by atoms with Crippen molar-refractivity contribution in [3.8, 4) is 5.75 Å². The molecule has 6 nitrogen and oxygen atoms in total. The van der Waals surface area contributed by atoms with Gasteiger partial charge in [-0.05, 0) is 31.9 Å². The Morgan fingerprint density at radius 1 is 1.43 bits per heavy atom. The van der Waals surface area contributed by atoms with Gasteiger partial charge in [0.25, 0.3) is 0 Å². The van der Waals surface area contributed by atoms with Crippen LogP contribution in [0.15, 0.2) is 16.6 Å². The molecule has 7 heteroatoms. The second-order valence-electron chi connectivity index (χ2n) is 4.48. The fraction of sp³-hybridized carbons (Fsp3) is 0.500. The molecule has 1 aromatic carbocycles. The highest BCUT2D eigenvalue weighted by molar-refractivity contribution is 9.10. The summed E-state index contributed by atoms with van der Waals surface area (Å²) in [4.78, 5) is 22.5. The summed E-state index contributed by atoms with van der Waals surface area (Å²) in [6.45, 7) is 5.54. The third kappa shape index (κ3) is 4.70. The van der Waals surface area contributed by atoms with Crippen molar-refractivity contribution in [2.75, 3.05) is 6.61 Å². The van der Waals surface area contributed by atoms with Crippen LogP contribution in [-0.4, -0.2) is 23.6 Å². The van der Waals surface area contributed by atoms with Crippen LogP contribution < -0.4 is 4.74 Å². The Morgan fingerprint density at radius 2 is 2.10 bits per heavy atom. The average Bonchev–Trinajstić information content (AvgIpc) is 2.40. The first-order chi connectivity index (χ1) is 9.90. The van der Waals surface area contributed by atoms with E-state index in [1.165, 1.54) is 6.07 Å². The molecule has 0 saturated heterocycles. The van der Waals surface area contributed by atoms with Crippen molar-refractivity contribution in [1.29, 1.82) is 0 Å². The summed E-state index contributed by atoms with van der Waals surface area (Å²) in [6, 6.07) is 3.06. The minimum atomic E-state index is -0.839. The van der Waals surface area contributed by atoms with Crippen LogP contribution in [0.25, 0.3) is 0 Å². The summed E-state index contributed by atoms with van der Waals surface area (Å²) < 4.78 is 11.1. The summed E-state index contributed by atoms with van der Waals surface area (Å²) in [5, 5.41) is 11.1. The fourth-order valence-corrected chi connectivity index (χ4v) is 2.43. The second-order valence-corrected chi connectivity index (χ2v) is 5.39. The van der Waals surface area contributed by atoms with Crippen LogP contribution in [0.2, 0.25) is 0 Å². The van der Waals surface area contributed by atoms with Gasteiger partial charge < -0.3 is 9.47 Å². The molecule has 0 bridgehead atoms. The molecule has 0 heterocycles. The van der Waals surface area contributed by atoms with E-state index in [9.17, 15) is 14.9 Å². The number of nitro groups is 1. The zero-order valence-corrected chi connectivity index (χ0v) is 13.8. The van der Waals surface area contributed by atoms with E-state index in [1.54, 1.807) is 19.9 Å². The van der Waals surface area contributed by atoms with Gasteiger partial charge in [0.05, 0.1) is 11.5 Å². The molecule has 0 amide bonds. The Labute approximate surface area is 131 Å². The highest BCUT2D eigenvalue weighted by atomic mass is 79.9. The summed E-state index contributed by atoms with van der Waals surface area (Å²) in [7, 11) is 0. The largest absolute Gasteiger partial charge is 0.471 e. The molecule has 1 rings (SSSR count). The molecular formula is C14H18BrNO5.